The Bertz CT molecular complexity index is 1040. The Kier molecular flexibility index (Phi) is 7.19. The van der Waals surface area contributed by atoms with Crippen LogP contribution in [0.25, 0.3) is 5.57 Å². The van der Waals surface area contributed by atoms with Crippen molar-refractivity contribution < 1.29 is 14.3 Å². The molecule has 0 spiro atoms. The lowest BCUT2D eigenvalue weighted by molar-refractivity contribution is -0.137. The van der Waals surface area contributed by atoms with Crippen molar-refractivity contribution in [3.63, 3.8) is 0 Å². The molecule has 2 aromatic rings. The first kappa shape index (κ1) is 23.0. The second kappa shape index (κ2) is 9.67. The van der Waals surface area contributed by atoms with E-state index in [-0.39, 0.29) is 23.6 Å². The van der Waals surface area contributed by atoms with E-state index in [2.05, 4.69) is 5.32 Å². The van der Waals surface area contributed by atoms with Gasteiger partial charge in [-0.25, -0.2) is 0 Å². The first-order chi connectivity index (χ1) is 14.7. The van der Waals surface area contributed by atoms with Crippen molar-refractivity contribution >= 4 is 34.7 Å². The Balaban J connectivity index is 1.96. The van der Waals surface area contributed by atoms with Crippen LogP contribution in [0.3, 0.4) is 0 Å². The molecule has 0 aliphatic carbocycles. The molecule has 1 aliphatic rings. The second-order valence-corrected chi connectivity index (χ2v) is 8.60. The van der Waals surface area contributed by atoms with Gasteiger partial charge in [-0.15, -0.1) is 0 Å². The minimum Gasteiger partial charge on any atom is -0.379 e. The molecule has 6 heteroatoms. The van der Waals surface area contributed by atoms with Gasteiger partial charge in [0.15, 0.2) is 0 Å². The predicted molar refractivity (Wildman–Crippen MR) is 125 cm³/mol. The minimum absolute atomic E-state index is 0.109. The SMILES string of the molecule is Cc1ccc(C2=C(Nc3ccc(C)c(Cl)c3)C(=O)N(CCCOC(C)C)C2=O)c(C)c1. The fraction of sp³-hybridized carbons (Fsp3) is 0.360. The quantitative estimate of drug-likeness (QED) is 0.448. The van der Waals surface area contributed by atoms with E-state index >= 15 is 0 Å². The molecule has 1 heterocycles. The highest BCUT2D eigenvalue weighted by Gasteiger charge is 2.39. The molecular weight excluding hydrogens is 412 g/mol. The van der Waals surface area contributed by atoms with E-state index in [1.165, 1.54) is 4.90 Å². The van der Waals surface area contributed by atoms with Gasteiger partial charge < -0.3 is 10.1 Å². The molecule has 0 atom stereocenters. The Morgan fingerprint density at radius 2 is 1.74 bits per heavy atom. The first-order valence-corrected chi connectivity index (χ1v) is 10.9. The molecule has 31 heavy (non-hydrogen) atoms. The number of ether oxygens (including phenoxy) is 1. The van der Waals surface area contributed by atoms with Gasteiger partial charge in [0, 0.05) is 23.9 Å². The zero-order valence-electron chi connectivity index (χ0n) is 18.7. The smallest absolute Gasteiger partial charge is 0.278 e. The average Bonchev–Trinajstić information content (AvgIpc) is 2.92. The number of imide groups is 1. The van der Waals surface area contributed by atoms with E-state index in [0.717, 1.165) is 22.3 Å². The summed E-state index contributed by atoms with van der Waals surface area (Å²) in [5.74, 6) is -0.622. The zero-order chi connectivity index (χ0) is 22.7. The van der Waals surface area contributed by atoms with Crippen LogP contribution in [-0.4, -0.2) is 36.0 Å². The predicted octanol–water partition coefficient (Wildman–Crippen LogP) is 5.27. The number of benzene rings is 2. The van der Waals surface area contributed by atoms with Gasteiger partial charge in [0.1, 0.15) is 5.70 Å². The highest BCUT2D eigenvalue weighted by molar-refractivity contribution is 6.37. The molecule has 3 rings (SSSR count). The van der Waals surface area contributed by atoms with Crippen molar-refractivity contribution in [2.24, 2.45) is 0 Å². The van der Waals surface area contributed by atoms with Crippen LogP contribution in [0.1, 0.15) is 42.5 Å². The maximum atomic E-state index is 13.3. The summed E-state index contributed by atoms with van der Waals surface area (Å²) in [6.45, 7) is 10.6. The van der Waals surface area contributed by atoms with Gasteiger partial charge in [0.05, 0.1) is 11.7 Å². The summed E-state index contributed by atoms with van der Waals surface area (Å²) in [5, 5.41) is 3.77. The minimum atomic E-state index is -0.332. The van der Waals surface area contributed by atoms with Crippen molar-refractivity contribution in [3.8, 4) is 0 Å². The number of halogens is 1. The summed E-state index contributed by atoms with van der Waals surface area (Å²) in [6, 6.07) is 11.4. The number of rotatable bonds is 8. The normalized spacial score (nSPS) is 14.2. The molecular formula is C25H29ClN2O3. The molecule has 0 bridgehead atoms. The highest BCUT2D eigenvalue weighted by Crippen LogP contribution is 2.33. The third kappa shape index (κ3) is 5.17. The summed E-state index contributed by atoms with van der Waals surface area (Å²) in [7, 11) is 0. The molecule has 0 saturated carbocycles. The Labute approximate surface area is 189 Å². The van der Waals surface area contributed by atoms with Crippen LogP contribution >= 0.6 is 11.6 Å². The van der Waals surface area contributed by atoms with Crippen LogP contribution in [-0.2, 0) is 14.3 Å². The van der Waals surface area contributed by atoms with Crippen LogP contribution in [0.4, 0.5) is 5.69 Å². The lowest BCUT2D eigenvalue weighted by Gasteiger charge is -2.16. The maximum Gasteiger partial charge on any atom is 0.278 e. The summed E-state index contributed by atoms with van der Waals surface area (Å²) in [4.78, 5) is 27.9. The molecule has 0 aromatic heterocycles. The second-order valence-electron chi connectivity index (χ2n) is 8.19. The molecule has 5 nitrogen and oxygen atoms in total. The zero-order valence-corrected chi connectivity index (χ0v) is 19.5. The van der Waals surface area contributed by atoms with Crippen molar-refractivity contribution in [2.45, 2.75) is 47.1 Å². The number of aryl methyl sites for hydroxylation is 3. The summed E-state index contributed by atoms with van der Waals surface area (Å²) >= 11 is 6.27. The van der Waals surface area contributed by atoms with E-state index in [1.807, 2.05) is 65.0 Å². The number of amides is 2. The Hall–Kier alpha value is -2.63. The largest absolute Gasteiger partial charge is 0.379 e. The summed E-state index contributed by atoms with van der Waals surface area (Å²) in [6.07, 6.45) is 0.691. The first-order valence-electron chi connectivity index (χ1n) is 10.5. The topological polar surface area (TPSA) is 58.6 Å². The van der Waals surface area contributed by atoms with Crippen LogP contribution < -0.4 is 5.32 Å². The highest BCUT2D eigenvalue weighted by atomic mass is 35.5. The lowest BCUT2D eigenvalue weighted by atomic mass is 9.97. The lowest BCUT2D eigenvalue weighted by Crippen LogP contribution is -2.34. The van der Waals surface area contributed by atoms with E-state index in [0.29, 0.717) is 35.9 Å². The third-order valence-corrected chi connectivity index (χ3v) is 5.64. The van der Waals surface area contributed by atoms with Gasteiger partial charge in [-0.2, -0.15) is 0 Å². The van der Waals surface area contributed by atoms with E-state index in [4.69, 9.17) is 16.3 Å². The van der Waals surface area contributed by atoms with Gasteiger partial charge in [0.25, 0.3) is 11.8 Å². The Morgan fingerprint density at radius 1 is 1.00 bits per heavy atom. The van der Waals surface area contributed by atoms with Crippen molar-refractivity contribution in [3.05, 3.63) is 69.4 Å². The number of nitrogens with zero attached hydrogens (tertiary/aromatic N) is 1. The van der Waals surface area contributed by atoms with E-state index in [1.54, 1.807) is 6.07 Å². The average molecular weight is 441 g/mol. The third-order valence-electron chi connectivity index (χ3n) is 5.24. The molecule has 0 saturated heterocycles. The standard InChI is InChI=1S/C25H29ClN2O3/c1-15(2)31-12-6-11-28-24(29)22(20-10-7-16(3)13-18(20)5)23(25(28)30)27-19-9-8-17(4)21(26)14-19/h7-10,13-15,27H,6,11-12H2,1-5H3. The van der Waals surface area contributed by atoms with Gasteiger partial charge in [-0.3, -0.25) is 14.5 Å². The van der Waals surface area contributed by atoms with Gasteiger partial charge in [-0.1, -0.05) is 41.4 Å². The van der Waals surface area contributed by atoms with Crippen molar-refractivity contribution in [1.29, 1.82) is 0 Å². The van der Waals surface area contributed by atoms with Crippen LogP contribution in [0.15, 0.2) is 42.1 Å². The van der Waals surface area contributed by atoms with E-state index < -0.39 is 0 Å². The van der Waals surface area contributed by atoms with E-state index in [9.17, 15) is 9.59 Å². The number of hydrogen-bond donors (Lipinski definition) is 1. The van der Waals surface area contributed by atoms with Crippen LogP contribution in [0.2, 0.25) is 5.02 Å². The summed E-state index contributed by atoms with van der Waals surface area (Å²) < 4.78 is 5.57. The molecule has 0 radical (unpaired) electrons. The number of hydrogen-bond acceptors (Lipinski definition) is 4. The van der Waals surface area contributed by atoms with Crippen molar-refractivity contribution in [1.82, 2.24) is 4.90 Å². The van der Waals surface area contributed by atoms with Gasteiger partial charge in [-0.05, 0) is 69.9 Å². The molecule has 1 aliphatic heterocycles. The van der Waals surface area contributed by atoms with Gasteiger partial charge in [0.2, 0.25) is 0 Å². The monoisotopic (exact) mass is 440 g/mol. The van der Waals surface area contributed by atoms with Crippen molar-refractivity contribution in [2.75, 3.05) is 18.5 Å². The molecule has 164 valence electrons. The fourth-order valence-corrected chi connectivity index (χ4v) is 3.78. The van der Waals surface area contributed by atoms with Crippen LogP contribution in [0.5, 0.6) is 0 Å². The molecule has 1 N–H and O–H groups in total. The maximum absolute atomic E-state index is 13.3. The fourth-order valence-electron chi connectivity index (χ4n) is 3.60. The van der Waals surface area contributed by atoms with Gasteiger partial charge >= 0.3 is 0 Å². The summed E-state index contributed by atoms with van der Waals surface area (Å²) in [5.41, 5.74) is 5.08. The molecule has 2 amide bonds. The Morgan fingerprint density at radius 3 is 2.39 bits per heavy atom. The number of carbonyl (C=O) groups excluding carboxylic acids is 2. The molecule has 0 fully saturated rings. The van der Waals surface area contributed by atoms with Crippen LogP contribution in [0, 0.1) is 20.8 Å². The number of anilines is 1. The molecule has 2 aromatic carbocycles. The molecule has 0 unspecified atom stereocenters. The number of carbonyl (C=O) groups is 2. The number of nitrogens with one attached hydrogen (secondary N) is 1.